The van der Waals surface area contributed by atoms with Crippen LogP contribution >= 0.6 is 0 Å². The van der Waals surface area contributed by atoms with Crippen molar-refractivity contribution < 1.29 is 9.90 Å². The third-order valence-electron chi connectivity index (χ3n) is 4.20. The second-order valence-electron chi connectivity index (χ2n) is 5.92. The minimum Gasteiger partial charge on any atom is -0.480 e. The summed E-state index contributed by atoms with van der Waals surface area (Å²) in [5.41, 5.74) is 5.07. The van der Waals surface area contributed by atoms with Crippen LogP contribution in [0.2, 0.25) is 0 Å². The lowest BCUT2D eigenvalue weighted by Gasteiger charge is -2.29. The average Bonchev–Trinajstić information content (AvgIpc) is 2.40. The van der Waals surface area contributed by atoms with E-state index in [1.54, 1.807) is 0 Å². The normalized spacial score (nSPS) is 20.1. The van der Waals surface area contributed by atoms with Gasteiger partial charge in [0.25, 0.3) is 0 Å². The molecule has 0 radical (unpaired) electrons. The number of nitrogens with zero attached hydrogens (tertiary/aromatic N) is 1. The van der Waals surface area contributed by atoms with Gasteiger partial charge in [-0.25, -0.2) is 0 Å². The molecule has 0 aromatic carbocycles. The molecule has 4 heteroatoms. The maximum Gasteiger partial charge on any atom is 0.323 e. The van der Waals surface area contributed by atoms with Crippen LogP contribution in [0.15, 0.2) is 0 Å². The van der Waals surface area contributed by atoms with Crippen LogP contribution in [0.3, 0.4) is 0 Å². The molecule has 1 unspecified atom stereocenters. The van der Waals surface area contributed by atoms with E-state index in [0.29, 0.717) is 12.8 Å². The molecule has 1 heterocycles. The van der Waals surface area contributed by atoms with Gasteiger partial charge in [-0.05, 0) is 51.7 Å². The number of piperidine rings is 1. The highest BCUT2D eigenvalue weighted by Gasteiger charge is 2.32. The van der Waals surface area contributed by atoms with Gasteiger partial charge in [0.15, 0.2) is 0 Å². The lowest BCUT2D eigenvalue weighted by molar-refractivity contribution is -0.144. The number of rotatable bonds is 9. The standard InChI is InChI=1S/C15H30N2O2/c1-2-3-5-9-15(16,14(18)19)10-8-13-17-11-6-4-7-12-17/h2-13,16H2,1H3,(H,18,19). The Hall–Kier alpha value is -0.610. The van der Waals surface area contributed by atoms with Crippen LogP contribution < -0.4 is 5.73 Å². The molecule has 4 nitrogen and oxygen atoms in total. The van der Waals surface area contributed by atoms with Gasteiger partial charge < -0.3 is 15.7 Å². The Balaban J connectivity index is 2.29. The molecule has 0 spiro atoms. The van der Waals surface area contributed by atoms with Gasteiger partial charge in [-0.15, -0.1) is 0 Å². The maximum atomic E-state index is 11.4. The molecule has 1 fully saturated rings. The molecule has 1 saturated heterocycles. The Morgan fingerprint density at radius 1 is 1.16 bits per heavy atom. The van der Waals surface area contributed by atoms with Crippen molar-refractivity contribution in [3.05, 3.63) is 0 Å². The SMILES string of the molecule is CCCCCC(N)(CCCN1CCCCC1)C(=O)O. The summed E-state index contributed by atoms with van der Waals surface area (Å²) in [5.74, 6) is -0.831. The molecule has 0 aromatic rings. The molecule has 0 amide bonds. The molecule has 3 N–H and O–H groups in total. The predicted molar refractivity (Wildman–Crippen MR) is 78.2 cm³/mol. The predicted octanol–water partition coefficient (Wildman–Crippen LogP) is 2.61. The summed E-state index contributed by atoms with van der Waals surface area (Å²) in [6.07, 6.45) is 9.09. The largest absolute Gasteiger partial charge is 0.480 e. The number of nitrogens with two attached hydrogens (primary N) is 1. The van der Waals surface area contributed by atoms with Gasteiger partial charge >= 0.3 is 5.97 Å². The van der Waals surface area contributed by atoms with Crippen LogP contribution in [-0.4, -0.2) is 41.1 Å². The van der Waals surface area contributed by atoms with Crippen molar-refractivity contribution in [2.24, 2.45) is 5.73 Å². The molecular weight excluding hydrogens is 240 g/mol. The second-order valence-corrected chi connectivity index (χ2v) is 5.92. The van der Waals surface area contributed by atoms with Crippen molar-refractivity contribution >= 4 is 5.97 Å². The number of unbranched alkanes of at least 4 members (excludes halogenated alkanes) is 2. The van der Waals surface area contributed by atoms with E-state index in [1.807, 2.05) is 0 Å². The molecule has 0 saturated carbocycles. The van der Waals surface area contributed by atoms with E-state index in [-0.39, 0.29) is 0 Å². The summed E-state index contributed by atoms with van der Waals surface area (Å²) in [6, 6.07) is 0. The van der Waals surface area contributed by atoms with Gasteiger partial charge in [-0.2, -0.15) is 0 Å². The monoisotopic (exact) mass is 270 g/mol. The van der Waals surface area contributed by atoms with Crippen LogP contribution in [0.5, 0.6) is 0 Å². The van der Waals surface area contributed by atoms with Gasteiger partial charge in [-0.3, -0.25) is 4.79 Å². The van der Waals surface area contributed by atoms with Gasteiger partial charge in [0.2, 0.25) is 0 Å². The smallest absolute Gasteiger partial charge is 0.323 e. The van der Waals surface area contributed by atoms with Gasteiger partial charge in [0.1, 0.15) is 5.54 Å². The lowest BCUT2D eigenvalue weighted by atomic mass is 9.88. The van der Waals surface area contributed by atoms with E-state index in [4.69, 9.17) is 5.73 Å². The fourth-order valence-electron chi connectivity index (χ4n) is 2.83. The number of carboxylic acids is 1. The Morgan fingerprint density at radius 3 is 2.37 bits per heavy atom. The van der Waals surface area contributed by atoms with Gasteiger partial charge in [-0.1, -0.05) is 32.6 Å². The first-order valence-electron chi connectivity index (χ1n) is 7.83. The van der Waals surface area contributed by atoms with E-state index in [9.17, 15) is 9.90 Å². The topological polar surface area (TPSA) is 66.6 Å². The highest BCUT2D eigenvalue weighted by molar-refractivity contribution is 5.78. The van der Waals surface area contributed by atoms with E-state index in [1.165, 1.54) is 32.4 Å². The number of hydrogen-bond acceptors (Lipinski definition) is 3. The molecule has 112 valence electrons. The third kappa shape index (κ3) is 5.91. The first-order chi connectivity index (χ1) is 9.08. The van der Waals surface area contributed by atoms with Gasteiger partial charge in [0.05, 0.1) is 0 Å². The second kappa shape index (κ2) is 8.54. The zero-order valence-electron chi connectivity index (χ0n) is 12.4. The molecule has 0 aliphatic carbocycles. The van der Waals surface area contributed by atoms with E-state index in [2.05, 4.69) is 11.8 Å². The summed E-state index contributed by atoms with van der Waals surface area (Å²) < 4.78 is 0. The molecular formula is C15H30N2O2. The minimum absolute atomic E-state index is 0.600. The molecule has 0 aromatic heterocycles. The van der Waals surface area contributed by atoms with Crippen LogP contribution in [0.4, 0.5) is 0 Å². The number of likely N-dealkylation sites (tertiary alicyclic amines) is 1. The Morgan fingerprint density at radius 2 is 1.79 bits per heavy atom. The van der Waals surface area contributed by atoms with Crippen molar-refractivity contribution in [2.75, 3.05) is 19.6 Å². The summed E-state index contributed by atoms with van der Waals surface area (Å²) in [4.78, 5) is 13.8. The highest BCUT2D eigenvalue weighted by Crippen LogP contribution is 2.20. The molecule has 1 rings (SSSR count). The van der Waals surface area contributed by atoms with Crippen LogP contribution in [0, 0.1) is 0 Å². The van der Waals surface area contributed by atoms with E-state index < -0.39 is 11.5 Å². The highest BCUT2D eigenvalue weighted by atomic mass is 16.4. The van der Waals surface area contributed by atoms with Crippen molar-refractivity contribution in [2.45, 2.75) is 70.3 Å². The number of hydrogen-bond donors (Lipinski definition) is 2. The maximum absolute atomic E-state index is 11.4. The Labute approximate surface area is 117 Å². The summed E-state index contributed by atoms with van der Waals surface area (Å²) >= 11 is 0. The van der Waals surface area contributed by atoms with Crippen LogP contribution in [0.25, 0.3) is 0 Å². The summed E-state index contributed by atoms with van der Waals surface area (Å²) in [7, 11) is 0. The zero-order valence-corrected chi connectivity index (χ0v) is 12.4. The number of carboxylic acid groups (broad SMARTS) is 1. The molecule has 1 atom stereocenters. The summed E-state index contributed by atoms with van der Waals surface area (Å²) in [6.45, 7) is 5.45. The average molecular weight is 270 g/mol. The molecule has 19 heavy (non-hydrogen) atoms. The van der Waals surface area contributed by atoms with Crippen LogP contribution in [0.1, 0.15) is 64.7 Å². The zero-order chi connectivity index (χ0) is 14.1. The molecule has 1 aliphatic rings. The van der Waals surface area contributed by atoms with Crippen molar-refractivity contribution in [3.63, 3.8) is 0 Å². The first kappa shape index (κ1) is 16.4. The van der Waals surface area contributed by atoms with E-state index >= 15 is 0 Å². The first-order valence-corrected chi connectivity index (χ1v) is 7.83. The van der Waals surface area contributed by atoms with Crippen molar-refractivity contribution in [1.82, 2.24) is 4.90 Å². The van der Waals surface area contributed by atoms with Crippen LogP contribution in [-0.2, 0) is 4.79 Å². The summed E-state index contributed by atoms with van der Waals surface area (Å²) in [5, 5.41) is 9.33. The number of carbonyl (C=O) groups is 1. The van der Waals surface area contributed by atoms with E-state index in [0.717, 1.165) is 32.2 Å². The Bertz CT molecular complexity index is 265. The fourth-order valence-corrected chi connectivity index (χ4v) is 2.83. The van der Waals surface area contributed by atoms with Crippen molar-refractivity contribution in [3.8, 4) is 0 Å². The molecule has 1 aliphatic heterocycles. The molecule has 0 bridgehead atoms. The quantitative estimate of drug-likeness (QED) is 0.632. The number of aliphatic carboxylic acids is 1. The Kier molecular flexibility index (Phi) is 7.39. The van der Waals surface area contributed by atoms with Crippen molar-refractivity contribution in [1.29, 1.82) is 0 Å². The third-order valence-corrected chi connectivity index (χ3v) is 4.20. The minimum atomic E-state index is -1.01. The van der Waals surface area contributed by atoms with Gasteiger partial charge in [0, 0.05) is 0 Å². The lowest BCUT2D eigenvalue weighted by Crippen LogP contribution is -2.48. The fraction of sp³-hybridized carbons (Fsp3) is 0.933.